The molecule has 1 heterocycles. The summed E-state index contributed by atoms with van der Waals surface area (Å²) in [5.74, 6) is 0. The third-order valence-corrected chi connectivity index (χ3v) is 2.64. The number of unbranched alkanes of at least 4 members (excludes halogenated alkanes) is 1. The van der Waals surface area contributed by atoms with Gasteiger partial charge in [0.15, 0.2) is 0 Å². The third-order valence-electron chi connectivity index (χ3n) is 2.64. The fraction of sp³-hybridized carbons (Fsp3) is 0.417. The summed E-state index contributed by atoms with van der Waals surface area (Å²) in [7, 11) is 1.99. The van der Waals surface area contributed by atoms with E-state index in [1.54, 1.807) is 0 Å². The van der Waals surface area contributed by atoms with Gasteiger partial charge in [0.25, 0.3) is 0 Å². The van der Waals surface area contributed by atoms with Crippen molar-refractivity contribution in [3.05, 3.63) is 24.5 Å². The maximum atomic E-state index is 8.67. The van der Waals surface area contributed by atoms with Gasteiger partial charge >= 0.3 is 0 Å². The molecule has 1 aromatic carbocycles. The molecule has 0 unspecified atom stereocenters. The summed E-state index contributed by atoms with van der Waals surface area (Å²) >= 11 is 0. The van der Waals surface area contributed by atoms with Crippen molar-refractivity contribution in [1.29, 1.82) is 0 Å². The molecule has 0 radical (unpaired) electrons. The zero-order valence-electron chi connectivity index (χ0n) is 9.48. The first-order valence-electron chi connectivity index (χ1n) is 5.57. The van der Waals surface area contributed by atoms with Gasteiger partial charge in [0, 0.05) is 25.9 Å². The summed E-state index contributed by atoms with van der Waals surface area (Å²) < 4.78 is 2.00. The number of anilines is 1. The molecule has 0 aliphatic carbocycles. The third kappa shape index (κ3) is 2.33. The second kappa shape index (κ2) is 4.99. The summed E-state index contributed by atoms with van der Waals surface area (Å²) in [6, 6.07) is 6.17. The molecule has 1 aromatic heterocycles. The fourth-order valence-electron chi connectivity index (χ4n) is 1.72. The minimum Gasteiger partial charge on any atom is -0.396 e. The van der Waals surface area contributed by atoms with Crippen LogP contribution in [0.4, 0.5) is 5.69 Å². The average molecular weight is 219 g/mol. The van der Waals surface area contributed by atoms with Crippen LogP contribution >= 0.6 is 0 Å². The number of imidazole rings is 1. The van der Waals surface area contributed by atoms with E-state index in [2.05, 4.69) is 22.4 Å². The smallest absolute Gasteiger partial charge is 0.0955 e. The highest BCUT2D eigenvalue weighted by molar-refractivity contribution is 5.79. The lowest BCUT2D eigenvalue weighted by molar-refractivity contribution is 0.286. The van der Waals surface area contributed by atoms with E-state index in [1.807, 2.05) is 24.0 Å². The van der Waals surface area contributed by atoms with Gasteiger partial charge in [-0.2, -0.15) is 0 Å². The monoisotopic (exact) mass is 219 g/mol. The first-order chi connectivity index (χ1) is 7.81. The van der Waals surface area contributed by atoms with Gasteiger partial charge in [-0.1, -0.05) is 0 Å². The van der Waals surface area contributed by atoms with Gasteiger partial charge in [0.2, 0.25) is 0 Å². The molecule has 2 aromatic rings. The lowest BCUT2D eigenvalue weighted by atomic mass is 10.2. The molecule has 0 amide bonds. The number of hydrogen-bond donors (Lipinski definition) is 2. The normalized spacial score (nSPS) is 10.9. The molecule has 16 heavy (non-hydrogen) atoms. The standard InChI is InChI=1S/C12H17N3O/c1-15-9-14-11-8-10(4-5-12(11)15)13-6-2-3-7-16/h4-5,8-9,13,16H,2-3,6-7H2,1H3. The van der Waals surface area contributed by atoms with E-state index in [1.165, 1.54) is 0 Å². The predicted octanol–water partition coefficient (Wildman–Crippen LogP) is 1.76. The maximum absolute atomic E-state index is 8.67. The van der Waals surface area contributed by atoms with Gasteiger partial charge in [-0.05, 0) is 31.0 Å². The Kier molecular flexibility index (Phi) is 3.41. The zero-order valence-corrected chi connectivity index (χ0v) is 9.48. The molecule has 0 fully saturated rings. The largest absolute Gasteiger partial charge is 0.396 e. The number of nitrogens with one attached hydrogen (secondary N) is 1. The Morgan fingerprint density at radius 3 is 3.06 bits per heavy atom. The molecule has 0 spiro atoms. The van der Waals surface area contributed by atoms with Crippen LogP contribution in [0.3, 0.4) is 0 Å². The van der Waals surface area contributed by atoms with Crippen LogP contribution in [0.2, 0.25) is 0 Å². The Balaban J connectivity index is 2.02. The average Bonchev–Trinajstić information content (AvgIpc) is 2.66. The molecule has 0 aliphatic heterocycles. The first kappa shape index (κ1) is 11.0. The van der Waals surface area contributed by atoms with E-state index in [4.69, 9.17) is 5.11 Å². The Morgan fingerprint density at radius 2 is 2.25 bits per heavy atom. The molecule has 0 bridgehead atoms. The fourth-order valence-corrected chi connectivity index (χ4v) is 1.72. The van der Waals surface area contributed by atoms with E-state index in [-0.39, 0.29) is 6.61 Å². The quantitative estimate of drug-likeness (QED) is 0.753. The van der Waals surface area contributed by atoms with Crippen LogP contribution in [-0.2, 0) is 7.05 Å². The highest BCUT2D eigenvalue weighted by atomic mass is 16.2. The summed E-state index contributed by atoms with van der Waals surface area (Å²) in [4.78, 5) is 4.31. The van der Waals surface area contributed by atoms with E-state index < -0.39 is 0 Å². The maximum Gasteiger partial charge on any atom is 0.0955 e. The van der Waals surface area contributed by atoms with Crippen molar-refractivity contribution in [3.63, 3.8) is 0 Å². The van der Waals surface area contributed by atoms with E-state index in [0.29, 0.717) is 0 Å². The van der Waals surface area contributed by atoms with Crippen molar-refractivity contribution in [2.45, 2.75) is 12.8 Å². The summed E-state index contributed by atoms with van der Waals surface area (Å²) in [6.45, 7) is 1.15. The van der Waals surface area contributed by atoms with Crippen LogP contribution in [0.5, 0.6) is 0 Å². The van der Waals surface area contributed by atoms with Gasteiger partial charge in [0.1, 0.15) is 0 Å². The molecule has 4 heteroatoms. The van der Waals surface area contributed by atoms with Crippen molar-refractivity contribution < 1.29 is 5.11 Å². The number of hydrogen-bond acceptors (Lipinski definition) is 3. The van der Waals surface area contributed by atoms with Crippen LogP contribution in [0.25, 0.3) is 11.0 Å². The number of aryl methyl sites for hydroxylation is 1. The molecule has 86 valence electrons. The Labute approximate surface area is 94.9 Å². The van der Waals surface area contributed by atoms with Gasteiger partial charge in [-0.3, -0.25) is 0 Å². The van der Waals surface area contributed by atoms with Gasteiger partial charge in [-0.25, -0.2) is 4.98 Å². The van der Waals surface area contributed by atoms with Gasteiger partial charge < -0.3 is 15.0 Å². The Hall–Kier alpha value is -1.55. The van der Waals surface area contributed by atoms with Crippen LogP contribution in [0.15, 0.2) is 24.5 Å². The molecular weight excluding hydrogens is 202 g/mol. The molecule has 0 atom stereocenters. The number of rotatable bonds is 5. The topological polar surface area (TPSA) is 50.1 Å². The molecular formula is C12H17N3O. The van der Waals surface area contributed by atoms with Crippen molar-refractivity contribution in [2.75, 3.05) is 18.5 Å². The minimum atomic E-state index is 0.265. The van der Waals surface area contributed by atoms with Crippen LogP contribution in [-0.4, -0.2) is 27.8 Å². The van der Waals surface area contributed by atoms with Crippen molar-refractivity contribution in [2.24, 2.45) is 7.05 Å². The van der Waals surface area contributed by atoms with Crippen LogP contribution < -0.4 is 5.32 Å². The Morgan fingerprint density at radius 1 is 1.38 bits per heavy atom. The minimum absolute atomic E-state index is 0.265. The van der Waals surface area contributed by atoms with Gasteiger partial charge in [-0.15, -0.1) is 0 Å². The lowest BCUT2D eigenvalue weighted by Crippen LogP contribution is -2.02. The first-order valence-corrected chi connectivity index (χ1v) is 5.57. The van der Waals surface area contributed by atoms with E-state index >= 15 is 0 Å². The summed E-state index contributed by atoms with van der Waals surface area (Å²) in [6.07, 6.45) is 3.65. The number of benzene rings is 1. The van der Waals surface area contributed by atoms with E-state index in [0.717, 1.165) is 36.1 Å². The second-order valence-corrected chi connectivity index (χ2v) is 3.92. The van der Waals surface area contributed by atoms with Crippen molar-refractivity contribution in [1.82, 2.24) is 9.55 Å². The molecule has 4 nitrogen and oxygen atoms in total. The number of nitrogens with zero attached hydrogens (tertiary/aromatic N) is 2. The highest BCUT2D eigenvalue weighted by Gasteiger charge is 2.00. The zero-order chi connectivity index (χ0) is 11.4. The molecule has 0 saturated carbocycles. The lowest BCUT2D eigenvalue weighted by Gasteiger charge is -2.05. The Bertz CT molecular complexity index is 464. The SMILES string of the molecule is Cn1cnc2cc(NCCCCO)ccc21. The van der Waals surface area contributed by atoms with Gasteiger partial charge in [0.05, 0.1) is 17.4 Å². The molecule has 0 saturated heterocycles. The summed E-state index contributed by atoms with van der Waals surface area (Å²) in [5, 5.41) is 12.0. The molecule has 2 N–H and O–H groups in total. The number of fused-ring (bicyclic) bond motifs is 1. The van der Waals surface area contributed by atoms with Crippen molar-refractivity contribution in [3.8, 4) is 0 Å². The summed E-state index contributed by atoms with van der Waals surface area (Å²) in [5.41, 5.74) is 3.24. The second-order valence-electron chi connectivity index (χ2n) is 3.92. The molecule has 2 rings (SSSR count). The van der Waals surface area contributed by atoms with E-state index in [9.17, 15) is 0 Å². The predicted molar refractivity (Wildman–Crippen MR) is 65.5 cm³/mol. The van der Waals surface area contributed by atoms with Crippen LogP contribution in [0, 0.1) is 0 Å². The number of aliphatic hydroxyl groups excluding tert-OH is 1. The van der Waals surface area contributed by atoms with Crippen LogP contribution in [0.1, 0.15) is 12.8 Å². The highest BCUT2D eigenvalue weighted by Crippen LogP contribution is 2.17. The van der Waals surface area contributed by atoms with Crippen molar-refractivity contribution >= 4 is 16.7 Å². The number of aromatic nitrogens is 2. The number of aliphatic hydroxyl groups is 1. The molecule has 0 aliphatic rings.